The van der Waals surface area contributed by atoms with E-state index in [1.807, 2.05) is 0 Å². The lowest BCUT2D eigenvalue weighted by Gasteiger charge is -2.08. The third-order valence-electron chi connectivity index (χ3n) is 3.99. The van der Waals surface area contributed by atoms with E-state index in [0.717, 1.165) is 4.68 Å². The molecular formula is C19H14FN5O5. The summed E-state index contributed by atoms with van der Waals surface area (Å²) in [5.74, 6) is -1.70. The minimum atomic E-state index is -0.852. The minimum Gasteiger partial charge on any atom is -0.451 e. The number of carbonyl (C=O) groups excluding carboxylic acids is 1. The first-order chi connectivity index (χ1) is 14.5. The van der Waals surface area contributed by atoms with Gasteiger partial charge in [-0.15, -0.1) is 5.10 Å². The van der Waals surface area contributed by atoms with Crippen LogP contribution >= 0.6 is 0 Å². The minimum absolute atomic E-state index is 0.0427. The highest BCUT2D eigenvalue weighted by Crippen LogP contribution is 2.20. The molecule has 4 rings (SSSR count). The Morgan fingerprint density at radius 1 is 1.23 bits per heavy atom. The Morgan fingerprint density at radius 2 is 2.03 bits per heavy atom. The second-order valence-corrected chi connectivity index (χ2v) is 6.17. The van der Waals surface area contributed by atoms with Crippen molar-refractivity contribution in [1.29, 1.82) is 0 Å². The molecule has 3 heterocycles. The number of rotatable bonds is 6. The lowest BCUT2D eigenvalue weighted by molar-refractivity contribution is -0.150. The van der Waals surface area contributed by atoms with Gasteiger partial charge in [0.1, 0.15) is 12.4 Å². The first-order valence-corrected chi connectivity index (χ1v) is 8.77. The predicted molar refractivity (Wildman–Crippen MR) is 98.2 cm³/mol. The number of aromatic nitrogens is 5. The average Bonchev–Trinajstić information content (AvgIpc) is 3.37. The topological polar surface area (TPSA) is 126 Å². The van der Waals surface area contributed by atoms with Gasteiger partial charge >= 0.3 is 11.7 Å². The lowest BCUT2D eigenvalue weighted by atomic mass is 10.2. The highest BCUT2D eigenvalue weighted by molar-refractivity contribution is 5.69. The molecule has 152 valence electrons. The Labute approximate surface area is 167 Å². The van der Waals surface area contributed by atoms with Crippen molar-refractivity contribution in [3.8, 4) is 22.8 Å². The summed E-state index contributed by atoms with van der Waals surface area (Å²) in [6.45, 7) is 1.06. The van der Waals surface area contributed by atoms with Crippen molar-refractivity contribution in [2.45, 2.75) is 19.6 Å². The molecule has 0 aliphatic heterocycles. The summed E-state index contributed by atoms with van der Waals surface area (Å²) in [6.07, 6.45) is 2.33. The monoisotopic (exact) mass is 411 g/mol. The molecule has 10 nitrogen and oxygen atoms in total. The second-order valence-electron chi connectivity index (χ2n) is 6.17. The van der Waals surface area contributed by atoms with Crippen molar-refractivity contribution >= 4 is 5.97 Å². The number of hydrogen-bond donors (Lipinski definition) is 0. The zero-order valence-corrected chi connectivity index (χ0v) is 15.6. The normalized spacial score (nSPS) is 11.9. The van der Waals surface area contributed by atoms with E-state index in [2.05, 4.69) is 20.2 Å². The van der Waals surface area contributed by atoms with Crippen molar-refractivity contribution in [3.63, 3.8) is 0 Å². The van der Waals surface area contributed by atoms with Crippen LogP contribution in [0.3, 0.4) is 0 Å². The number of carbonyl (C=O) groups is 1. The zero-order valence-electron chi connectivity index (χ0n) is 15.6. The summed E-state index contributed by atoms with van der Waals surface area (Å²) >= 11 is 0. The number of hydrogen-bond acceptors (Lipinski definition) is 9. The van der Waals surface area contributed by atoms with Crippen molar-refractivity contribution in [1.82, 2.24) is 24.9 Å². The Balaban J connectivity index is 1.42. The zero-order chi connectivity index (χ0) is 21.1. The van der Waals surface area contributed by atoms with Gasteiger partial charge in [-0.3, -0.25) is 9.78 Å². The van der Waals surface area contributed by atoms with Gasteiger partial charge in [0.15, 0.2) is 6.10 Å². The van der Waals surface area contributed by atoms with E-state index >= 15 is 0 Å². The number of nitrogens with zero attached hydrogens (tertiary/aromatic N) is 5. The van der Waals surface area contributed by atoms with Crippen LogP contribution < -0.4 is 5.76 Å². The molecule has 0 saturated carbocycles. The first kappa shape index (κ1) is 19.2. The van der Waals surface area contributed by atoms with Crippen LogP contribution in [0.2, 0.25) is 0 Å². The van der Waals surface area contributed by atoms with Crippen LogP contribution in [-0.4, -0.2) is 30.9 Å². The predicted octanol–water partition coefficient (Wildman–Crippen LogP) is 2.39. The molecule has 30 heavy (non-hydrogen) atoms. The summed E-state index contributed by atoms with van der Waals surface area (Å²) in [5.41, 5.74) is 1.04. The van der Waals surface area contributed by atoms with E-state index in [-0.39, 0.29) is 11.8 Å². The van der Waals surface area contributed by atoms with Gasteiger partial charge in [-0.05, 0) is 43.3 Å². The maximum atomic E-state index is 13.0. The molecule has 0 spiro atoms. The Hall–Kier alpha value is -4.15. The quantitative estimate of drug-likeness (QED) is 0.440. The van der Waals surface area contributed by atoms with Gasteiger partial charge in [-0.2, -0.15) is 9.67 Å². The van der Waals surface area contributed by atoms with E-state index in [0.29, 0.717) is 17.0 Å². The second kappa shape index (κ2) is 8.07. The summed E-state index contributed by atoms with van der Waals surface area (Å²) < 4.78 is 29.2. The van der Waals surface area contributed by atoms with E-state index in [1.54, 1.807) is 31.5 Å². The van der Waals surface area contributed by atoms with Crippen LogP contribution in [0, 0.1) is 5.82 Å². The van der Waals surface area contributed by atoms with Gasteiger partial charge in [0.05, 0.1) is 0 Å². The average molecular weight is 411 g/mol. The van der Waals surface area contributed by atoms with Gasteiger partial charge in [0, 0.05) is 23.5 Å². The molecule has 0 fully saturated rings. The van der Waals surface area contributed by atoms with Crippen LogP contribution in [0.1, 0.15) is 18.9 Å². The molecule has 1 atom stereocenters. The van der Waals surface area contributed by atoms with Gasteiger partial charge in [0.2, 0.25) is 11.7 Å². The number of ether oxygens (including phenoxy) is 1. The fourth-order valence-electron chi connectivity index (χ4n) is 2.54. The Bertz CT molecular complexity index is 1220. The number of halogens is 1. The van der Waals surface area contributed by atoms with E-state index in [9.17, 15) is 14.0 Å². The number of esters is 1. The number of pyridine rings is 1. The molecular weight excluding hydrogens is 397 g/mol. The van der Waals surface area contributed by atoms with Gasteiger partial charge in [-0.25, -0.2) is 9.18 Å². The van der Waals surface area contributed by atoms with E-state index in [4.69, 9.17) is 13.7 Å². The standard InChI is InChI=1S/C19H14FN5O5/c1-11(17-22-16(24-30-17)13-3-2-8-21-9-13)28-15(26)10-25-19(27)29-18(23-25)12-4-6-14(20)7-5-12/h2-9,11H,10H2,1H3. The maximum Gasteiger partial charge on any atom is 0.437 e. The third-order valence-corrected chi connectivity index (χ3v) is 3.99. The SMILES string of the molecule is CC(OC(=O)Cn1nc(-c2ccc(F)cc2)oc1=O)c1nc(-c2cccnc2)no1. The van der Waals surface area contributed by atoms with Crippen molar-refractivity contribution in [2.75, 3.05) is 0 Å². The van der Waals surface area contributed by atoms with Crippen LogP contribution in [-0.2, 0) is 16.1 Å². The molecule has 4 aromatic rings. The molecule has 1 unspecified atom stereocenters. The van der Waals surface area contributed by atoms with E-state index < -0.39 is 30.2 Å². The molecule has 11 heteroatoms. The summed E-state index contributed by atoms with van der Waals surface area (Å²) in [5, 5.41) is 7.76. The number of benzene rings is 1. The van der Waals surface area contributed by atoms with Gasteiger partial charge < -0.3 is 13.7 Å². The highest BCUT2D eigenvalue weighted by Gasteiger charge is 2.21. The summed E-state index contributed by atoms with van der Waals surface area (Å²) in [6, 6.07) is 8.70. The molecule has 0 amide bonds. The Morgan fingerprint density at radius 3 is 2.77 bits per heavy atom. The fraction of sp³-hybridized carbons (Fsp3) is 0.158. The molecule has 1 aromatic carbocycles. The van der Waals surface area contributed by atoms with Crippen molar-refractivity contribution in [3.05, 3.63) is 71.1 Å². The molecule has 0 saturated heterocycles. The van der Waals surface area contributed by atoms with Gasteiger partial charge in [-0.1, -0.05) is 5.16 Å². The summed E-state index contributed by atoms with van der Waals surface area (Å²) in [4.78, 5) is 32.3. The van der Waals surface area contributed by atoms with Crippen LogP contribution in [0.4, 0.5) is 4.39 Å². The molecule has 0 aliphatic rings. The molecule has 0 bridgehead atoms. The van der Waals surface area contributed by atoms with Crippen LogP contribution in [0.5, 0.6) is 0 Å². The van der Waals surface area contributed by atoms with Crippen LogP contribution in [0.25, 0.3) is 22.8 Å². The fourth-order valence-corrected chi connectivity index (χ4v) is 2.54. The largest absolute Gasteiger partial charge is 0.451 e. The molecule has 0 aliphatic carbocycles. The van der Waals surface area contributed by atoms with Crippen molar-refractivity contribution < 1.29 is 22.9 Å². The lowest BCUT2D eigenvalue weighted by Crippen LogP contribution is -2.23. The Kier molecular flexibility index (Phi) is 5.16. The smallest absolute Gasteiger partial charge is 0.437 e. The summed E-state index contributed by atoms with van der Waals surface area (Å²) in [7, 11) is 0. The first-order valence-electron chi connectivity index (χ1n) is 8.77. The van der Waals surface area contributed by atoms with Gasteiger partial charge in [0.25, 0.3) is 5.89 Å². The highest BCUT2D eigenvalue weighted by atomic mass is 19.1. The molecule has 0 N–H and O–H groups in total. The van der Waals surface area contributed by atoms with Crippen LogP contribution in [0.15, 0.2) is 62.5 Å². The molecule has 0 radical (unpaired) electrons. The molecule has 3 aromatic heterocycles. The third kappa shape index (κ3) is 4.14. The van der Waals surface area contributed by atoms with Crippen molar-refractivity contribution in [2.24, 2.45) is 0 Å². The maximum absolute atomic E-state index is 13.0. The van der Waals surface area contributed by atoms with E-state index in [1.165, 1.54) is 24.3 Å².